The van der Waals surface area contributed by atoms with Crippen molar-refractivity contribution in [3.05, 3.63) is 33.0 Å². The minimum Gasteiger partial charge on any atom is -0.469 e. The van der Waals surface area contributed by atoms with Gasteiger partial charge < -0.3 is 9.30 Å². The maximum Gasteiger partial charge on any atom is 0.307 e. The van der Waals surface area contributed by atoms with Crippen LogP contribution in [0.4, 0.5) is 0 Å². The monoisotopic (exact) mass is 448 g/mol. The maximum absolute atomic E-state index is 11.9. The molecule has 2 aromatic heterocycles. The van der Waals surface area contributed by atoms with Crippen LogP contribution >= 0.6 is 23.6 Å². The third-order valence-electron chi connectivity index (χ3n) is 6.49. The number of rotatable bonds is 7. The van der Waals surface area contributed by atoms with Crippen LogP contribution in [0.25, 0.3) is 0 Å². The van der Waals surface area contributed by atoms with Crippen molar-refractivity contribution < 1.29 is 9.53 Å². The summed E-state index contributed by atoms with van der Waals surface area (Å²) in [6.45, 7) is 1.62. The van der Waals surface area contributed by atoms with Gasteiger partial charge in [0.05, 0.1) is 20.2 Å². The van der Waals surface area contributed by atoms with E-state index in [1.165, 1.54) is 44.1 Å². The van der Waals surface area contributed by atoms with Crippen LogP contribution in [0.2, 0.25) is 0 Å². The molecule has 0 amide bonds. The molecule has 6 nitrogen and oxygen atoms in total. The average molecular weight is 449 g/mol. The summed E-state index contributed by atoms with van der Waals surface area (Å²) in [6, 6.07) is 4.94. The molecule has 2 fully saturated rings. The Morgan fingerprint density at radius 2 is 2.03 bits per heavy atom. The fourth-order valence-electron chi connectivity index (χ4n) is 4.88. The lowest BCUT2D eigenvalue weighted by Gasteiger charge is -2.34. The fraction of sp³-hybridized carbons (Fsp3) is 0.682. The number of carbonyl (C=O) groups excluding carboxylic acids is 1. The zero-order valence-electron chi connectivity index (χ0n) is 17.8. The molecular weight excluding hydrogens is 416 g/mol. The third-order valence-corrected chi connectivity index (χ3v) is 7.77. The van der Waals surface area contributed by atoms with Crippen LogP contribution in [-0.4, -0.2) is 44.9 Å². The lowest BCUT2D eigenvalue weighted by molar-refractivity contribution is -0.142. The SMILES string of the molecule is COC(=O)CC1CCCCN1Cn1nc(Cc2cccs2)n(C2CCCCC2)c1=S. The predicted octanol–water partition coefficient (Wildman–Crippen LogP) is 4.95. The first-order valence-electron chi connectivity index (χ1n) is 11.2. The van der Waals surface area contributed by atoms with Crippen LogP contribution in [0.5, 0.6) is 0 Å². The summed E-state index contributed by atoms with van der Waals surface area (Å²) in [7, 11) is 1.47. The number of likely N-dealkylation sites (tertiary alicyclic amines) is 1. The van der Waals surface area contributed by atoms with Gasteiger partial charge in [-0.05, 0) is 49.3 Å². The quantitative estimate of drug-likeness (QED) is 0.443. The van der Waals surface area contributed by atoms with Gasteiger partial charge in [-0.15, -0.1) is 11.3 Å². The van der Waals surface area contributed by atoms with Gasteiger partial charge in [0.2, 0.25) is 0 Å². The number of hydrogen-bond donors (Lipinski definition) is 0. The Morgan fingerprint density at radius 1 is 1.23 bits per heavy atom. The molecule has 3 heterocycles. The summed E-state index contributed by atoms with van der Waals surface area (Å²) in [5.74, 6) is 0.942. The molecular formula is C22H32N4O2S2. The number of piperidine rings is 1. The molecule has 8 heteroatoms. The zero-order chi connectivity index (χ0) is 20.9. The molecule has 1 aliphatic heterocycles. The lowest BCUT2D eigenvalue weighted by atomic mass is 9.95. The molecule has 0 spiro atoms. The van der Waals surface area contributed by atoms with Gasteiger partial charge in [-0.25, -0.2) is 4.68 Å². The van der Waals surface area contributed by atoms with Gasteiger partial charge in [-0.3, -0.25) is 9.69 Å². The highest BCUT2D eigenvalue weighted by molar-refractivity contribution is 7.71. The van der Waals surface area contributed by atoms with Gasteiger partial charge in [0.15, 0.2) is 4.77 Å². The van der Waals surface area contributed by atoms with Gasteiger partial charge in [-0.2, -0.15) is 5.10 Å². The van der Waals surface area contributed by atoms with Crippen molar-refractivity contribution in [1.82, 2.24) is 19.2 Å². The van der Waals surface area contributed by atoms with Crippen molar-refractivity contribution in [2.24, 2.45) is 0 Å². The van der Waals surface area contributed by atoms with Crippen LogP contribution in [0.15, 0.2) is 17.5 Å². The smallest absolute Gasteiger partial charge is 0.307 e. The summed E-state index contributed by atoms with van der Waals surface area (Å²) >= 11 is 7.73. The van der Waals surface area contributed by atoms with E-state index in [0.717, 1.165) is 42.8 Å². The van der Waals surface area contributed by atoms with E-state index in [0.29, 0.717) is 19.1 Å². The second kappa shape index (κ2) is 10.2. The number of thiophene rings is 1. The summed E-state index contributed by atoms with van der Waals surface area (Å²) in [5, 5.41) is 7.13. The van der Waals surface area contributed by atoms with Crippen molar-refractivity contribution in [1.29, 1.82) is 0 Å². The summed E-state index contributed by atoms with van der Waals surface area (Å²) in [4.78, 5) is 15.6. The Balaban J connectivity index is 1.59. The molecule has 2 aromatic rings. The van der Waals surface area contributed by atoms with Gasteiger partial charge in [-0.1, -0.05) is 31.7 Å². The van der Waals surface area contributed by atoms with Crippen LogP contribution in [0, 0.1) is 4.77 Å². The number of methoxy groups -OCH3 is 1. The van der Waals surface area contributed by atoms with E-state index in [9.17, 15) is 4.79 Å². The van der Waals surface area contributed by atoms with E-state index < -0.39 is 0 Å². The number of carbonyl (C=O) groups is 1. The van der Waals surface area contributed by atoms with E-state index in [-0.39, 0.29) is 12.0 Å². The molecule has 164 valence electrons. The van der Waals surface area contributed by atoms with Crippen molar-refractivity contribution in [3.63, 3.8) is 0 Å². The molecule has 1 saturated heterocycles. The van der Waals surface area contributed by atoms with E-state index >= 15 is 0 Å². The Kier molecular flexibility index (Phi) is 7.38. The normalized spacial score (nSPS) is 21.0. The highest BCUT2D eigenvalue weighted by Crippen LogP contribution is 2.31. The molecule has 4 rings (SSSR count). The Morgan fingerprint density at radius 3 is 2.77 bits per heavy atom. The van der Waals surface area contributed by atoms with E-state index in [4.69, 9.17) is 22.1 Å². The van der Waals surface area contributed by atoms with Gasteiger partial charge in [0.1, 0.15) is 5.82 Å². The van der Waals surface area contributed by atoms with Gasteiger partial charge in [0.25, 0.3) is 0 Å². The van der Waals surface area contributed by atoms with E-state index in [1.54, 1.807) is 11.3 Å². The molecule has 2 aliphatic rings. The minimum absolute atomic E-state index is 0.137. The number of aromatic nitrogens is 3. The largest absolute Gasteiger partial charge is 0.469 e. The fourth-order valence-corrected chi connectivity index (χ4v) is 5.93. The van der Waals surface area contributed by atoms with Crippen molar-refractivity contribution in [3.8, 4) is 0 Å². The highest BCUT2D eigenvalue weighted by atomic mass is 32.1. The van der Waals surface area contributed by atoms with Crippen LogP contribution in [-0.2, 0) is 22.6 Å². The molecule has 30 heavy (non-hydrogen) atoms. The van der Waals surface area contributed by atoms with Crippen molar-refractivity contribution in [2.45, 2.75) is 83.0 Å². The second-order valence-corrected chi connectivity index (χ2v) is 9.90. The van der Waals surface area contributed by atoms with Crippen LogP contribution in [0.3, 0.4) is 0 Å². The Bertz CT molecular complexity index is 884. The average Bonchev–Trinajstić information content (AvgIpc) is 3.38. The molecule has 0 aromatic carbocycles. The molecule has 1 saturated carbocycles. The number of nitrogens with zero attached hydrogens (tertiary/aromatic N) is 4. The topological polar surface area (TPSA) is 52.3 Å². The lowest BCUT2D eigenvalue weighted by Crippen LogP contribution is -2.42. The molecule has 1 aliphatic carbocycles. The number of ether oxygens (including phenoxy) is 1. The summed E-state index contributed by atoms with van der Waals surface area (Å²) in [6.07, 6.45) is 10.8. The van der Waals surface area contributed by atoms with E-state index in [2.05, 4.69) is 27.0 Å². The number of esters is 1. The second-order valence-electron chi connectivity index (χ2n) is 8.50. The van der Waals surface area contributed by atoms with Crippen molar-refractivity contribution >= 4 is 29.5 Å². The molecule has 0 radical (unpaired) electrons. The van der Waals surface area contributed by atoms with Crippen LogP contribution < -0.4 is 0 Å². The zero-order valence-corrected chi connectivity index (χ0v) is 19.4. The first-order chi connectivity index (χ1) is 14.7. The first-order valence-corrected chi connectivity index (χ1v) is 12.5. The molecule has 0 N–H and O–H groups in total. The standard InChI is InChI=1S/C22H32N4O2S2/c1-28-21(27)14-18-10-5-6-12-24(18)16-25-22(29)26(17-8-3-2-4-9-17)20(23-25)15-19-11-7-13-30-19/h7,11,13,17-18H,2-6,8-10,12,14-16H2,1H3. The summed E-state index contributed by atoms with van der Waals surface area (Å²) < 4.78 is 10.1. The molecule has 1 atom stereocenters. The predicted molar refractivity (Wildman–Crippen MR) is 121 cm³/mol. The van der Waals surface area contributed by atoms with Gasteiger partial charge in [0, 0.05) is 29.9 Å². The molecule has 0 bridgehead atoms. The first kappa shape index (κ1) is 21.7. The van der Waals surface area contributed by atoms with Gasteiger partial charge >= 0.3 is 5.97 Å². The highest BCUT2D eigenvalue weighted by Gasteiger charge is 2.27. The third kappa shape index (κ3) is 5.03. The van der Waals surface area contributed by atoms with Crippen LogP contribution in [0.1, 0.15) is 74.5 Å². The number of hydrogen-bond acceptors (Lipinski definition) is 6. The minimum atomic E-state index is -0.137. The Hall–Kier alpha value is -1.51. The molecule has 1 unspecified atom stereocenters. The summed E-state index contributed by atoms with van der Waals surface area (Å²) in [5.41, 5.74) is 0. The van der Waals surface area contributed by atoms with Crippen molar-refractivity contribution in [2.75, 3.05) is 13.7 Å². The van der Waals surface area contributed by atoms with E-state index in [1.807, 2.05) is 4.68 Å². The Labute approximate surface area is 187 Å². The maximum atomic E-state index is 11.9.